The molecule has 0 amide bonds. The summed E-state index contributed by atoms with van der Waals surface area (Å²) in [6.07, 6.45) is 1.66. The fourth-order valence-electron chi connectivity index (χ4n) is 3.27. The predicted molar refractivity (Wildman–Crippen MR) is 49.9 cm³/mol. The highest BCUT2D eigenvalue weighted by Gasteiger charge is 2.69. The molecule has 4 nitrogen and oxygen atoms in total. The minimum Gasteiger partial charge on any atom is -0.364 e. The average Bonchev–Trinajstić information content (AvgIpc) is 2.39. The summed E-state index contributed by atoms with van der Waals surface area (Å²) in [5, 5.41) is 10.4. The number of carbonyl (C=O) groups excluding carboxylic acids is 2. The zero-order valence-corrected chi connectivity index (χ0v) is 8.66. The van der Waals surface area contributed by atoms with E-state index in [4.69, 9.17) is 4.74 Å². The van der Waals surface area contributed by atoms with E-state index in [1.807, 2.05) is 0 Å². The Bertz CT molecular complexity index is 364. The second kappa shape index (κ2) is 2.50. The minimum absolute atomic E-state index is 0.00877. The van der Waals surface area contributed by atoms with Crippen LogP contribution >= 0.6 is 0 Å². The van der Waals surface area contributed by atoms with Gasteiger partial charge in [-0.2, -0.15) is 0 Å². The number of rotatable bonds is 0. The first-order valence-corrected chi connectivity index (χ1v) is 5.43. The minimum atomic E-state index is -1.51. The zero-order chi connectivity index (χ0) is 10.8. The van der Waals surface area contributed by atoms with Gasteiger partial charge in [0, 0.05) is 12.8 Å². The number of ketones is 2. The highest BCUT2D eigenvalue weighted by Crippen LogP contribution is 2.57. The molecule has 82 valence electrons. The van der Waals surface area contributed by atoms with Crippen LogP contribution in [0.25, 0.3) is 0 Å². The highest BCUT2D eigenvalue weighted by molar-refractivity contribution is 5.97. The molecule has 0 radical (unpaired) electrons. The largest absolute Gasteiger partial charge is 0.364 e. The molecule has 0 spiro atoms. The van der Waals surface area contributed by atoms with Crippen LogP contribution in [0.5, 0.6) is 0 Å². The van der Waals surface area contributed by atoms with Crippen LogP contribution in [0.15, 0.2) is 0 Å². The van der Waals surface area contributed by atoms with E-state index >= 15 is 0 Å². The van der Waals surface area contributed by atoms with E-state index in [1.54, 1.807) is 6.92 Å². The maximum absolute atomic E-state index is 11.9. The van der Waals surface area contributed by atoms with Gasteiger partial charge in [0.05, 0.1) is 17.4 Å². The molecule has 4 atom stereocenters. The van der Waals surface area contributed by atoms with E-state index in [2.05, 4.69) is 0 Å². The predicted octanol–water partition coefficient (Wildman–Crippen LogP) is 0.422. The SMILES string of the molecule is CC12CCC3CC(=O)[C@@H](CC1=O)C2(O)O3. The summed E-state index contributed by atoms with van der Waals surface area (Å²) in [5.41, 5.74) is -0.857. The standard InChI is InChI=1S/C11H14O4/c1-10-3-2-6-4-8(12)7(5-9(10)13)11(10,14)15-6/h6-7,14H,2-5H2,1H3/t6?,7-,10?,11?/m1/s1. The lowest BCUT2D eigenvalue weighted by Gasteiger charge is -2.50. The first-order chi connectivity index (χ1) is 6.97. The lowest BCUT2D eigenvalue weighted by molar-refractivity contribution is -0.321. The molecule has 0 aromatic heterocycles. The van der Waals surface area contributed by atoms with Gasteiger partial charge in [0.1, 0.15) is 11.6 Å². The van der Waals surface area contributed by atoms with Crippen LogP contribution in [-0.2, 0) is 14.3 Å². The fourth-order valence-corrected chi connectivity index (χ4v) is 3.27. The number of Topliss-reactive ketones (excluding diaryl/α,β-unsaturated/α-hetero) is 2. The van der Waals surface area contributed by atoms with Crippen molar-refractivity contribution >= 4 is 11.6 Å². The van der Waals surface area contributed by atoms with Crippen molar-refractivity contribution in [3.8, 4) is 0 Å². The van der Waals surface area contributed by atoms with Crippen molar-refractivity contribution in [2.24, 2.45) is 11.3 Å². The summed E-state index contributed by atoms with van der Waals surface area (Å²) in [6, 6.07) is 0. The molecule has 3 unspecified atom stereocenters. The molecule has 15 heavy (non-hydrogen) atoms. The molecule has 2 heterocycles. The van der Waals surface area contributed by atoms with Gasteiger partial charge in [-0.05, 0) is 19.8 Å². The normalized spacial score (nSPS) is 53.5. The molecule has 2 bridgehead atoms. The molecule has 2 aliphatic heterocycles. The summed E-state index contributed by atoms with van der Waals surface area (Å²) >= 11 is 0. The number of hydrogen-bond donors (Lipinski definition) is 1. The van der Waals surface area contributed by atoms with Gasteiger partial charge < -0.3 is 9.84 Å². The van der Waals surface area contributed by atoms with Crippen LogP contribution < -0.4 is 0 Å². The topological polar surface area (TPSA) is 63.6 Å². The summed E-state index contributed by atoms with van der Waals surface area (Å²) in [4.78, 5) is 23.6. The van der Waals surface area contributed by atoms with Gasteiger partial charge in [-0.25, -0.2) is 0 Å². The van der Waals surface area contributed by atoms with Crippen LogP contribution in [0.3, 0.4) is 0 Å². The van der Waals surface area contributed by atoms with Gasteiger partial charge in [-0.3, -0.25) is 9.59 Å². The van der Waals surface area contributed by atoms with Crippen molar-refractivity contribution in [2.45, 2.75) is 44.5 Å². The molecule has 1 N–H and O–H groups in total. The third-order valence-corrected chi connectivity index (χ3v) is 4.40. The number of carbonyl (C=O) groups is 2. The van der Waals surface area contributed by atoms with Crippen molar-refractivity contribution in [3.05, 3.63) is 0 Å². The van der Waals surface area contributed by atoms with Crippen molar-refractivity contribution in [3.63, 3.8) is 0 Å². The van der Waals surface area contributed by atoms with Crippen molar-refractivity contribution < 1.29 is 19.4 Å². The lowest BCUT2D eigenvalue weighted by Crippen LogP contribution is -2.61. The van der Waals surface area contributed by atoms with Gasteiger partial charge >= 0.3 is 0 Å². The molecule has 0 aromatic rings. The first-order valence-electron chi connectivity index (χ1n) is 5.43. The summed E-state index contributed by atoms with van der Waals surface area (Å²) in [7, 11) is 0. The number of ether oxygens (including phenoxy) is 1. The molecule has 3 fully saturated rings. The van der Waals surface area contributed by atoms with Gasteiger partial charge in [-0.1, -0.05) is 0 Å². The van der Waals surface area contributed by atoms with E-state index in [0.717, 1.165) is 0 Å². The maximum atomic E-state index is 11.9. The zero-order valence-electron chi connectivity index (χ0n) is 8.66. The second-order valence-electron chi connectivity index (χ2n) is 5.16. The molecular weight excluding hydrogens is 196 g/mol. The molecule has 4 heteroatoms. The van der Waals surface area contributed by atoms with Gasteiger partial charge in [0.15, 0.2) is 5.79 Å². The van der Waals surface area contributed by atoms with E-state index in [1.165, 1.54) is 0 Å². The third kappa shape index (κ3) is 0.898. The monoisotopic (exact) mass is 210 g/mol. The number of aliphatic hydroxyl groups is 1. The van der Waals surface area contributed by atoms with Crippen LogP contribution in [0, 0.1) is 11.3 Å². The molecule has 3 aliphatic rings. The Hall–Kier alpha value is -0.740. The Morgan fingerprint density at radius 1 is 1.40 bits per heavy atom. The quantitative estimate of drug-likeness (QED) is 0.629. The lowest BCUT2D eigenvalue weighted by atomic mass is 9.70. The number of fused-ring (bicyclic) bond motifs is 1. The maximum Gasteiger partial charge on any atom is 0.188 e. The Morgan fingerprint density at radius 3 is 2.87 bits per heavy atom. The van der Waals surface area contributed by atoms with Gasteiger partial charge in [-0.15, -0.1) is 0 Å². The van der Waals surface area contributed by atoms with E-state index in [0.29, 0.717) is 19.3 Å². The molecular formula is C11H14O4. The van der Waals surface area contributed by atoms with Crippen molar-refractivity contribution in [2.75, 3.05) is 0 Å². The third-order valence-electron chi connectivity index (χ3n) is 4.40. The Labute approximate surface area is 87.6 Å². The number of hydrogen-bond acceptors (Lipinski definition) is 4. The average molecular weight is 210 g/mol. The summed E-state index contributed by atoms with van der Waals surface area (Å²) in [5.74, 6) is -2.16. The van der Waals surface area contributed by atoms with Crippen LogP contribution in [-0.4, -0.2) is 28.6 Å². The van der Waals surface area contributed by atoms with Crippen LogP contribution in [0.1, 0.15) is 32.6 Å². The molecule has 2 saturated heterocycles. The first kappa shape index (κ1) is 9.48. The Balaban J connectivity index is 2.14. The Kier molecular flexibility index (Phi) is 1.58. The summed E-state index contributed by atoms with van der Waals surface area (Å²) in [6.45, 7) is 1.73. The second-order valence-corrected chi connectivity index (χ2v) is 5.16. The van der Waals surface area contributed by atoms with E-state index in [9.17, 15) is 14.7 Å². The van der Waals surface area contributed by atoms with Gasteiger partial charge in [0.25, 0.3) is 0 Å². The van der Waals surface area contributed by atoms with E-state index < -0.39 is 17.1 Å². The smallest absolute Gasteiger partial charge is 0.188 e. The van der Waals surface area contributed by atoms with Crippen LogP contribution in [0.4, 0.5) is 0 Å². The fraction of sp³-hybridized carbons (Fsp3) is 0.818. The van der Waals surface area contributed by atoms with Crippen molar-refractivity contribution in [1.29, 1.82) is 0 Å². The highest BCUT2D eigenvalue weighted by atomic mass is 16.6. The van der Waals surface area contributed by atoms with E-state index in [-0.39, 0.29) is 24.1 Å². The summed E-state index contributed by atoms with van der Waals surface area (Å²) < 4.78 is 5.55. The van der Waals surface area contributed by atoms with Gasteiger partial charge in [0.2, 0.25) is 0 Å². The molecule has 0 aromatic carbocycles. The molecule has 1 saturated carbocycles. The molecule has 3 rings (SSSR count). The Morgan fingerprint density at radius 2 is 2.13 bits per heavy atom. The van der Waals surface area contributed by atoms with Crippen LogP contribution in [0.2, 0.25) is 0 Å². The molecule has 1 aliphatic carbocycles. The van der Waals surface area contributed by atoms with Crippen molar-refractivity contribution in [1.82, 2.24) is 0 Å².